The molecular formula is C15H21BrCl2N2O2S. The van der Waals surface area contributed by atoms with Gasteiger partial charge in [-0.3, -0.25) is 0 Å². The number of rotatable bonds is 6. The molecule has 1 aromatic carbocycles. The predicted molar refractivity (Wildman–Crippen MR) is 98.9 cm³/mol. The molecule has 0 saturated carbocycles. The summed E-state index contributed by atoms with van der Waals surface area (Å²) in [6.45, 7) is 5.08. The van der Waals surface area contributed by atoms with Crippen LogP contribution in [0.2, 0.25) is 10.0 Å². The first kappa shape index (κ1) is 19.5. The molecule has 0 aromatic heterocycles. The molecule has 1 N–H and O–H groups in total. The van der Waals surface area contributed by atoms with Crippen molar-refractivity contribution in [2.75, 3.05) is 19.6 Å². The molecule has 1 aliphatic heterocycles. The molecule has 0 radical (unpaired) electrons. The van der Waals surface area contributed by atoms with Gasteiger partial charge in [-0.25, -0.2) is 13.1 Å². The molecule has 1 aliphatic rings. The van der Waals surface area contributed by atoms with Crippen molar-refractivity contribution in [3.8, 4) is 0 Å². The van der Waals surface area contributed by atoms with Crippen LogP contribution in [0.4, 0.5) is 0 Å². The van der Waals surface area contributed by atoms with E-state index >= 15 is 0 Å². The molecule has 0 atom stereocenters. The van der Waals surface area contributed by atoms with E-state index in [0.29, 0.717) is 4.47 Å². The summed E-state index contributed by atoms with van der Waals surface area (Å²) in [4.78, 5) is 2.34. The van der Waals surface area contributed by atoms with Crippen LogP contribution in [-0.2, 0) is 10.0 Å². The Bertz CT molecular complexity index is 624. The number of unbranched alkanes of at least 4 members (excludes halogenated alkanes) is 1. The van der Waals surface area contributed by atoms with E-state index in [1.54, 1.807) is 0 Å². The van der Waals surface area contributed by atoms with E-state index in [-0.39, 0.29) is 21.0 Å². The zero-order chi connectivity index (χ0) is 17.0. The Balaban J connectivity index is 2.03. The minimum absolute atomic E-state index is 0.0440. The molecule has 23 heavy (non-hydrogen) atoms. The van der Waals surface area contributed by atoms with E-state index < -0.39 is 10.0 Å². The largest absolute Gasteiger partial charge is 0.303 e. The number of nitrogens with one attached hydrogen (secondary N) is 1. The third-order valence-electron chi connectivity index (χ3n) is 3.97. The predicted octanol–water partition coefficient (Wildman–Crippen LogP) is 4.30. The van der Waals surface area contributed by atoms with E-state index in [4.69, 9.17) is 23.2 Å². The van der Waals surface area contributed by atoms with Gasteiger partial charge in [-0.2, -0.15) is 0 Å². The number of hydrogen-bond donors (Lipinski definition) is 1. The van der Waals surface area contributed by atoms with Crippen LogP contribution in [0.3, 0.4) is 0 Å². The summed E-state index contributed by atoms with van der Waals surface area (Å²) in [6, 6.07) is 3.00. The number of piperidine rings is 1. The first-order chi connectivity index (χ1) is 10.8. The molecule has 130 valence electrons. The molecule has 0 unspecified atom stereocenters. The van der Waals surface area contributed by atoms with Crippen molar-refractivity contribution in [2.24, 2.45) is 0 Å². The van der Waals surface area contributed by atoms with Crippen molar-refractivity contribution in [2.45, 2.75) is 43.5 Å². The Kier molecular flexibility index (Phi) is 7.19. The zero-order valence-electron chi connectivity index (χ0n) is 13.0. The van der Waals surface area contributed by atoms with Crippen LogP contribution >= 0.6 is 39.1 Å². The smallest absolute Gasteiger partial charge is 0.243 e. The van der Waals surface area contributed by atoms with Crippen LogP contribution in [0.5, 0.6) is 0 Å². The Hall–Kier alpha value is 0.150. The molecule has 0 aliphatic carbocycles. The Morgan fingerprint density at radius 1 is 1.26 bits per heavy atom. The van der Waals surface area contributed by atoms with E-state index in [2.05, 4.69) is 32.5 Å². The van der Waals surface area contributed by atoms with Gasteiger partial charge in [-0.05, 0) is 51.0 Å². The first-order valence-corrected chi connectivity index (χ1v) is 10.8. The topological polar surface area (TPSA) is 49.4 Å². The Labute approximate surface area is 156 Å². The standard InChI is InChI=1S/C15H21BrCl2N2O2S/c1-2-3-6-20-7-4-12(5-8-20)19-23(21,22)15-13(17)9-11(16)10-14(15)18/h9-10,12,19H,2-8H2,1H3. The molecular weight excluding hydrogens is 423 g/mol. The van der Waals surface area contributed by atoms with Crippen molar-refractivity contribution >= 4 is 49.2 Å². The Morgan fingerprint density at radius 2 is 1.83 bits per heavy atom. The molecule has 1 aromatic rings. The number of nitrogens with zero attached hydrogens (tertiary/aromatic N) is 1. The van der Waals surface area contributed by atoms with Gasteiger partial charge in [0.1, 0.15) is 4.90 Å². The van der Waals surface area contributed by atoms with Crippen LogP contribution < -0.4 is 4.72 Å². The molecule has 0 amide bonds. The summed E-state index contributed by atoms with van der Waals surface area (Å²) in [5.41, 5.74) is 0. The van der Waals surface area contributed by atoms with Gasteiger partial charge in [0, 0.05) is 10.5 Å². The quantitative estimate of drug-likeness (QED) is 0.712. The molecule has 0 bridgehead atoms. The fourth-order valence-electron chi connectivity index (χ4n) is 2.72. The van der Waals surface area contributed by atoms with Crippen LogP contribution in [0.15, 0.2) is 21.5 Å². The van der Waals surface area contributed by atoms with Crippen LogP contribution in [0.25, 0.3) is 0 Å². The van der Waals surface area contributed by atoms with Gasteiger partial charge in [-0.15, -0.1) is 0 Å². The van der Waals surface area contributed by atoms with Crippen molar-refractivity contribution in [1.29, 1.82) is 0 Å². The molecule has 1 saturated heterocycles. The van der Waals surface area contributed by atoms with E-state index in [9.17, 15) is 8.42 Å². The lowest BCUT2D eigenvalue weighted by atomic mass is 10.1. The lowest BCUT2D eigenvalue weighted by Crippen LogP contribution is -2.44. The van der Waals surface area contributed by atoms with Gasteiger partial charge in [0.15, 0.2) is 0 Å². The van der Waals surface area contributed by atoms with Crippen LogP contribution in [-0.4, -0.2) is 39.0 Å². The number of hydrogen-bond acceptors (Lipinski definition) is 3. The molecule has 8 heteroatoms. The average molecular weight is 444 g/mol. The number of likely N-dealkylation sites (tertiary alicyclic amines) is 1. The fourth-order valence-corrected chi connectivity index (χ4v) is 5.96. The highest BCUT2D eigenvalue weighted by atomic mass is 79.9. The summed E-state index contributed by atoms with van der Waals surface area (Å²) < 4.78 is 28.6. The third-order valence-corrected chi connectivity index (χ3v) is 6.87. The zero-order valence-corrected chi connectivity index (χ0v) is 16.9. The maximum absolute atomic E-state index is 12.6. The van der Waals surface area contributed by atoms with Crippen molar-refractivity contribution in [1.82, 2.24) is 9.62 Å². The van der Waals surface area contributed by atoms with Crippen molar-refractivity contribution in [3.63, 3.8) is 0 Å². The van der Waals surface area contributed by atoms with Crippen molar-refractivity contribution < 1.29 is 8.42 Å². The normalized spacial score (nSPS) is 17.6. The summed E-state index contributed by atoms with van der Waals surface area (Å²) >= 11 is 15.4. The fraction of sp³-hybridized carbons (Fsp3) is 0.600. The Morgan fingerprint density at radius 3 is 2.35 bits per heavy atom. The highest BCUT2D eigenvalue weighted by Gasteiger charge is 2.27. The lowest BCUT2D eigenvalue weighted by molar-refractivity contribution is 0.205. The minimum atomic E-state index is -3.73. The van der Waals surface area contributed by atoms with Gasteiger partial charge in [0.05, 0.1) is 10.0 Å². The molecule has 0 spiro atoms. The first-order valence-electron chi connectivity index (χ1n) is 7.72. The molecule has 1 fully saturated rings. The number of sulfonamides is 1. The summed E-state index contributed by atoms with van der Waals surface area (Å²) in [5.74, 6) is 0. The maximum Gasteiger partial charge on any atom is 0.243 e. The SMILES string of the molecule is CCCCN1CCC(NS(=O)(=O)c2c(Cl)cc(Br)cc2Cl)CC1. The van der Waals surface area contributed by atoms with Gasteiger partial charge < -0.3 is 4.90 Å². The summed E-state index contributed by atoms with van der Waals surface area (Å²) in [5, 5.41) is 0.245. The molecule has 1 heterocycles. The van der Waals surface area contributed by atoms with E-state index in [1.807, 2.05) is 0 Å². The van der Waals surface area contributed by atoms with Gasteiger partial charge >= 0.3 is 0 Å². The monoisotopic (exact) mass is 442 g/mol. The number of benzene rings is 1. The van der Waals surface area contributed by atoms with Crippen LogP contribution in [0.1, 0.15) is 32.6 Å². The molecule has 4 nitrogen and oxygen atoms in total. The second-order valence-corrected chi connectivity index (χ2v) is 9.17. The van der Waals surface area contributed by atoms with Crippen LogP contribution in [0, 0.1) is 0 Å². The van der Waals surface area contributed by atoms with Gasteiger partial charge in [0.2, 0.25) is 10.0 Å². The lowest BCUT2D eigenvalue weighted by Gasteiger charge is -2.32. The van der Waals surface area contributed by atoms with Gasteiger partial charge in [0.25, 0.3) is 0 Å². The second kappa shape index (κ2) is 8.50. The van der Waals surface area contributed by atoms with E-state index in [1.165, 1.54) is 25.0 Å². The van der Waals surface area contributed by atoms with E-state index in [0.717, 1.165) is 32.5 Å². The van der Waals surface area contributed by atoms with Gasteiger partial charge in [-0.1, -0.05) is 52.5 Å². The highest BCUT2D eigenvalue weighted by molar-refractivity contribution is 9.10. The summed E-state index contributed by atoms with van der Waals surface area (Å²) in [7, 11) is -3.73. The number of halogens is 3. The third kappa shape index (κ3) is 5.31. The average Bonchev–Trinajstić information content (AvgIpc) is 2.44. The minimum Gasteiger partial charge on any atom is -0.303 e. The summed E-state index contributed by atoms with van der Waals surface area (Å²) in [6.07, 6.45) is 3.96. The second-order valence-electron chi connectivity index (χ2n) is 5.79. The highest BCUT2D eigenvalue weighted by Crippen LogP contribution is 2.33. The maximum atomic E-state index is 12.6. The van der Waals surface area contributed by atoms with Crippen molar-refractivity contribution in [3.05, 3.63) is 26.7 Å². The molecule has 2 rings (SSSR count).